The first-order chi connectivity index (χ1) is 16.5. The van der Waals surface area contributed by atoms with Gasteiger partial charge in [0.1, 0.15) is 6.61 Å². The van der Waals surface area contributed by atoms with Crippen molar-refractivity contribution in [3.05, 3.63) is 100 Å². The zero-order valence-corrected chi connectivity index (χ0v) is 18.6. The molecular weight excluding hydrogens is 460 g/mol. The number of ether oxygens (including phenoxy) is 4. The third-order valence-corrected chi connectivity index (χ3v) is 5.90. The Morgan fingerprint density at radius 1 is 1.00 bits per heavy atom. The summed E-state index contributed by atoms with van der Waals surface area (Å²) in [6, 6.07) is 21.2. The number of hydrogen-bond donors (Lipinski definition) is 1. The van der Waals surface area contributed by atoms with E-state index in [-0.39, 0.29) is 18.8 Å². The van der Waals surface area contributed by atoms with Crippen LogP contribution in [0.3, 0.4) is 0 Å². The maximum Gasteiger partial charge on any atom is 0.342 e. The molecule has 5 rings (SSSR count). The largest absolute Gasteiger partial charge is 0.480 e. The number of fused-ring (bicyclic) bond motifs is 1. The van der Waals surface area contributed by atoms with E-state index < -0.39 is 24.3 Å². The van der Waals surface area contributed by atoms with Gasteiger partial charge in [-0.3, -0.25) is 0 Å². The maximum atomic E-state index is 13.4. The first kappa shape index (κ1) is 22.0. The number of carboxylic acids is 1. The van der Waals surface area contributed by atoms with E-state index in [1.165, 1.54) is 0 Å². The molecule has 3 aromatic carbocycles. The molecule has 0 radical (unpaired) electrons. The van der Waals surface area contributed by atoms with Crippen LogP contribution < -0.4 is 9.47 Å². The molecule has 3 aromatic rings. The van der Waals surface area contributed by atoms with E-state index >= 15 is 0 Å². The van der Waals surface area contributed by atoms with E-state index in [4.69, 9.17) is 30.5 Å². The molecule has 34 heavy (non-hydrogen) atoms. The van der Waals surface area contributed by atoms with Crippen LogP contribution in [0.15, 0.2) is 78.4 Å². The number of carbonyl (C=O) groups excluding carboxylic acids is 1. The van der Waals surface area contributed by atoms with Crippen molar-refractivity contribution < 1.29 is 33.6 Å². The molecule has 0 amide bonds. The molecule has 0 saturated heterocycles. The van der Waals surface area contributed by atoms with Crippen molar-refractivity contribution in [2.45, 2.75) is 12.2 Å². The summed E-state index contributed by atoms with van der Waals surface area (Å²) in [5.41, 5.74) is 2.66. The van der Waals surface area contributed by atoms with E-state index in [0.29, 0.717) is 33.2 Å². The molecule has 1 N–H and O–H groups in total. The number of aliphatic carboxylic acids is 1. The number of rotatable bonds is 7. The molecule has 0 aliphatic carbocycles. The Morgan fingerprint density at radius 2 is 1.74 bits per heavy atom. The molecule has 7 nitrogen and oxygen atoms in total. The summed E-state index contributed by atoms with van der Waals surface area (Å²) in [4.78, 5) is 24.8. The Bertz CT molecular complexity index is 1280. The van der Waals surface area contributed by atoms with Crippen LogP contribution in [-0.2, 0) is 31.3 Å². The molecule has 1 unspecified atom stereocenters. The Morgan fingerprint density at radius 3 is 2.47 bits per heavy atom. The van der Waals surface area contributed by atoms with Crippen molar-refractivity contribution >= 4 is 29.1 Å². The molecule has 8 heteroatoms. The van der Waals surface area contributed by atoms with Crippen molar-refractivity contribution in [2.24, 2.45) is 0 Å². The molecule has 0 saturated carbocycles. The van der Waals surface area contributed by atoms with Crippen molar-refractivity contribution in [1.29, 1.82) is 0 Å². The van der Waals surface area contributed by atoms with Gasteiger partial charge in [-0.25, -0.2) is 9.59 Å². The Kier molecular flexibility index (Phi) is 5.73. The van der Waals surface area contributed by atoms with Crippen LogP contribution in [0.2, 0.25) is 5.02 Å². The average Bonchev–Trinajstić information content (AvgIpc) is 3.41. The minimum absolute atomic E-state index is 0.0928. The highest BCUT2D eigenvalue weighted by atomic mass is 35.5. The Labute approximate surface area is 200 Å². The third kappa shape index (κ3) is 4.00. The zero-order valence-electron chi connectivity index (χ0n) is 17.8. The second-order valence-corrected chi connectivity index (χ2v) is 8.22. The van der Waals surface area contributed by atoms with E-state index in [1.54, 1.807) is 42.5 Å². The summed E-state index contributed by atoms with van der Waals surface area (Å²) < 4.78 is 22.7. The number of halogens is 1. The minimum Gasteiger partial charge on any atom is -0.480 e. The van der Waals surface area contributed by atoms with Gasteiger partial charge >= 0.3 is 11.9 Å². The highest BCUT2D eigenvalue weighted by molar-refractivity contribution is 6.30. The second-order valence-electron chi connectivity index (χ2n) is 7.78. The van der Waals surface area contributed by atoms with Gasteiger partial charge in [-0.15, -0.1) is 0 Å². The van der Waals surface area contributed by atoms with E-state index in [2.05, 4.69) is 0 Å². The highest BCUT2D eigenvalue weighted by Gasteiger charge is 2.51. The summed E-state index contributed by atoms with van der Waals surface area (Å²) in [6.07, 6.45) is 0.276. The van der Waals surface area contributed by atoms with Crippen LogP contribution in [0.4, 0.5) is 0 Å². The summed E-state index contributed by atoms with van der Waals surface area (Å²) in [7, 11) is 0. The number of hydrogen-bond acceptors (Lipinski definition) is 6. The summed E-state index contributed by atoms with van der Waals surface area (Å²) in [5.74, 6) is -2.49. The van der Waals surface area contributed by atoms with Crippen LogP contribution >= 0.6 is 11.6 Å². The Hall–Kier alpha value is -3.81. The van der Waals surface area contributed by atoms with Crippen LogP contribution in [0.25, 0.3) is 5.57 Å². The van der Waals surface area contributed by atoms with Gasteiger partial charge < -0.3 is 24.1 Å². The molecule has 2 heterocycles. The predicted octanol–water partition coefficient (Wildman–Crippen LogP) is 4.58. The normalized spacial score (nSPS) is 18.8. The lowest BCUT2D eigenvalue weighted by molar-refractivity contribution is -0.212. The smallest absolute Gasteiger partial charge is 0.342 e. The van der Waals surface area contributed by atoms with Crippen molar-refractivity contribution in [3.63, 3.8) is 0 Å². The van der Waals surface area contributed by atoms with Crippen molar-refractivity contribution in [2.75, 3.05) is 13.4 Å². The molecule has 0 aromatic heterocycles. The van der Waals surface area contributed by atoms with Crippen LogP contribution in [0.5, 0.6) is 11.5 Å². The fourth-order valence-corrected chi connectivity index (χ4v) is 4.27. The molecule has 0 fully saturated rings. The van der Waals surface area contributed by atoms with Crippen molar-refractivity contribution in [1.82, 2.24) is 0 Å². The fourth-order valence-electron chi connectivity index (χ4n) is 4.15. The van der Waals surface area contributed by atoms with Crippen molar-refractivity contribution in [3.8, 4) is 11.5 Å². The van der Waals surface area contributed by atoms with Gasteiger partial charge in [0, 0.05) is 22.6 Å². The van der Waals surface area contributed by atoms with E-state index in [9.17, 15) is 14.7 Å². The van der Waals surface area contributed by atoms with Crippen LogP contribution in [0.1, 0.15) is 16.7 Å². The summed E-state index contributed by atoms with van der Waals surface area (Å²) in [5, 5.41) is 9.85. The highest BCUT2D eigenvalue weighted by Crippen LogP contribution is 2.48. The SMILES string of the molecule is O=C(O)COC1(c2ccc(Cl)cc2)OC(=O)C(c2ccc3c(c2)OCO3)=C1Cc1ccccc1. The third-order valence-electron chi connectivity index (χ3n) is 5.65. The topological polar surface area (TPSA) is 91.3 Å². The van der Waals surface area contributed by atoms with Gasteiger partial charge in [-0.2, -0.15) is 0 Å². The van der Waals surface area contributed by atoms with Gasteiger partial charge in [-0.05, 0) is 35.4 Å². The van der Waals surface area contributed by atoms with E-state index in [1.807, 2.05) is 30.3 Å². The van der Waals surface area contributed by atoms with Gasteiger partial charge in [-0.1, -0.05) is 60.1 Å². The first-order valence-electron chi connectivity index (χ1n) is 10.5. The fraction of sp³-hybridized carbons (Fsp3) is 0.154. The van der Waals surface area contributed by atoms with Gasteiger partial charge in [0.15, 0.2) is 11.5 Å². The standard InChI is InChI=1S/C26H19ClO7/c27-19-9-7-18(8-10-19)26(33-14-23(28)29)20(12-16-4-2-1-3-5-16)24(25(30)34-26)17-6-11-21-22(13-17)32-15-31-21/h1-11,13H,12,14-15H2,(H,28,29). The molecule has 1 atom stereocenters. The first-order valence-corrected chi connectivity index (χ1v) is 10.9. The Balaban J connectivity index is 1.72. The molecule has 2 aliphatic heterocycles. The lowest BCUT2D eigenvalue weighted by Crippen LogP contribution is -2.35. The lowest BCUT2D eigenvalue weighted by atomic mass is 9.88. The number of carbonyl (C=O) groups is 2. The number of cyclic esters (lactones) is 1. The summed E-state index contributed by atoms with van der Waals surface area (Å²) in [6.45, 7) is -0.585. The number of benzene rings is 3. The second kappa shape index (κ2) is 8.85. The van der Waals surface area contributed by atoms with E-state index in [0.717, 1.165) is 5.56 Å². The van der Waals surface area contributed by atoms with Crippen LogP contribution in [0, 0.1) is 0 Å². The molecule has 0 bridgehead atoms. The quantitative estimate of drug-likeness (QED) is 0.497. The monoisotopic (exact) mass is 478 g/mol. The van der Waals surface area contributed by atoms with Crippen LogP contribution in [-0.4, -0.2) is 30.4 Å². The maximum absolute atomic E-state index is 13.4. The average molecular weight is 479 g/mol. The number of carboxylic acid groups (broad SMARTS) is 1. The molecule has 172 valence electrons. The molecular formula is C26H19ClO7. The summed E-state index contributed by atoms with van der Waals surface area (Å²) >= 11 is 6.08. The van der Waals surface area contributed by atoms with Gasteiger partial charge in [0.2, 0.25) is 6.79 Å². The number of esters is 1. The molecule has 0 spiro atoms. The predicted molar refractivity (Wildman–Crippen MR) is 122 cm³/mol. The molecule has 2 aliphatic rings. The van der Waals surface area contributed by atoms with Gasteiger partial charge in [0.05, 0.1) is 5.57 Å². The van der Waals surface area contributed by atoms with Gasteiger partial charge in [0.25, 0.3) is 5.79 Å². The lowest BCUT2D eigenvalue weighted by Gasteiger charge is -2.31. The zero-order chi connectivity index (χ0) is 23.7. The minimum atomic E-state index is -1.75.